The minimum atomic E-state index is -4.90. The lowest BCUT2D eigenvalue weighted by atomic mass is 10.0. The minimum absolute atomic E-state index is 0.0616. The molecule has 0 N–H and O–H groups in total. The van der Waals surface area contributed by atoms with Crippen molar-refractivity contribution >= 4 is 0 Å². The van der Waals surface area contributed by atoms with Crippen molar-refractivity contribution in [2.45, 2.75) is 24.4 Å². The Bertz CT molecular complexity index is 176. The van der Waals surface area contributed by atoms with Crippen molar-refractivity contribution in [1.29, 1.82) is 0 Å². The molecule has 0 amide bonds. The topological polar surface area (TPSA) is 0 Å². The monoisotopic (exact) mass is 206 g/mol. The summed E-state index contributed by atoms with van der Waals surface area (Å²) in [4.78, 5) is 0. The molecule has 78 valence electrons. The van der Waals surface area contributed by atoms with Gasteiger partial charge in [0, 0.05) is 6.42 Å². The maximum atomic E-state index is 12.4. The van der Waals surface area contributed by atoms with E-state index in [1.54, 1.807) is 0 Å². The van der Waals surface area contributed by atoms with Gasteiger partial charge in [0.2, 0.25) is 0 Å². The Balaban J connectivity index is 4.67. The van der Waals surface area contributed by atoms with Crippen LogP contribution in [-0.2, 0) is 0 Å². The van der Waals surface area contributed by atoms with Crippen LogP contribution >= 0.6 is 0 Å². The van der Waals surface area contributed by atoms with Gasteiger partial charge >= 0.3 is 11.8 Å². The van der Waals surface area contributed by atoms with Crippen molar-refractivity contribution in [3.05, 3.63) is 12.7 Å². The minimum Gasteiger partial charge on any atom is -0.251 e. The molecule has 13 heavy (non-hydrogen) atoms. The lowest BCUT2D eigenvalue weighted by Crippen LogP contribution is -2.47. The highest BCUT2D eigenvalue weighted by Crippen LogP contribution is 2.41. The van der Waals surface area contributed by atoms with E-state index in [1.165, 1.54) is 0 Å². The fraction of sp³-hybridized carbons (Fsp3) is 0.714. The molecule has 0 aliphatic carbocycles. The quantitative estimate of drug-likeness (QED) is 0.478. The van der Waals surface area contributed by atoms with Crippen molar-refractivity contribution in [3.63, 3.8) is 0 Å². The third-order valence-electron chi connectivity index (χ3n) is 1.45. The lowest BCUT2D eigenvalue weighted by Gasteiger charge is -2.26. The summed E-state index contributed by atoms with van der Waals surface area (Å²) in [5, 5.41) is 0. The molecular weight excluding hydrogens is 198 g/mol. The molecule has 0 rings (SSSR count). The summed E-state index contributed by atoms with van der Waals surface area (Å²) >= 11 is 0. The summed E-state index contributed by atoms with van der Waals surface area (Å²) in [5.74, 6) is -9.59. The number of allylic oxidation sites excluding steroid dienone is 1. The Labute approximate surface area is 71.2 Å². The molecule has 0 nitrogen and oxygen atoms in total. The first-order chi connectivity index (χ1) is 5.79. The Hall–Kier alpha value is -0.680. The van der Waals surface area contributed by atoms with Crippen LogP contribution in [0.25, 0.3) is 0 Å². The van der Waals surface area contributed by atoms with Crippen molar-refractivity contribution < 1.29 is 26.3 Å². The predicted molar refractivity (Wildman–Crippen MR) is 35.6 cm³/mol. The van der Waals surface area contributed by atoms with Gasteiger partial charge in [-0.15, -0.1) is 0 Å². The van der Waals surface area contributed by atoms with Crippen LogP contribution in [0.4, 0.5) is 26.3 Å². The molecule has 0 aromatic carbocycles. The predicted octanol–water partition coefficient (Wildman–Crippen LogP) is 3.14. The molecule has 1 atom stereocenters. The Morgan fingerprint density at radius 3 is 2.00 bits per heavy atom. The third kappa shape index (κ3) is 2.38. The summed E-state index contributed by atoms with van der Waals surface area (Å²) in [6.45, 7) is 0.986. The van der Waals surface area contributed by atoms with Gasteiger partial charge in [0.25, 0.3) is 0 Å². The van der Waals surface area contributed by atoms with E-state index < -0.39 is 31.1 Å². The van der Waals surface area contributed by atoms with Crippen LogP contribution in [0.3, 0.4) is 0 Å². The number of alkyl halides is 6. The van der Waals surface area contributed by atoms with E-state index in [9.17, 15) is 26.3 Å². The van der Waals surface area contributed by atoms with Crippen LogP contribution in [0.15, 0.2) is 12.7 Å². The molecular formula is C7H8F6. The van der Waals surface area contributed by atoms with Crippen molar-refractivity contribution in [3.8, 4) is 0 Å². The fourth-order valence-electron chi connectivity index (χ4n) is 0.635. The molecule has 0 radical (unpaired) electrons. The second-order valence-corrected chi connectivity index (χ2v) is 2.40. The Kier molecular flexibility index (Phi) is 3.81. The molecule has 0 bridgehead atoms. The molecule has 0 heterocycles. The fourth-order valence-corrected chi connectivity index (χ4v) is 0.635. The highest BCUT2D eigenvalue weighted by Gasteiger charge is 2.60. The van der Waals surface area contributed by atoms with Crippen LogP contribution in [0.1, 0.15) is 6.42 Å². The van der Waals surface area contributed by atoms with E-state index in [0.717, 1.165) is 0 Å². The number of halogens is 6. The van der Waals surface area contributed by atoms with Gasteiger partial charge in [0.05, 0.1) is 6.67 Å². The first-order valence-corrected chi connectivity index (χ1v) is 3.38. The van der Waals surface area contributed by atoms with Crippen molar-refractivity contribution in [2.75, 3.05) is 6.67 Å². The number of hydrogen-bond acceptors (Lipinski definition) is 0. The first kappa shape index (κ1) is 12.3. The molecule has 0 saturated carbocycles. The van der Waals surface area contributed by atoms with Crippen molar-refractivity contribution in [1.82, 2.24) is 0 Å². The average Bonchev–Trinajstić information content (AvgIpc) is 2.02. The van der Waals surface area contributed by atoms with Gasteiger partial charge in [-0.25, -0.2) is 4.39 Å². The maximum absolute atomic E-state index is 12.4. The first-order valence-electron chi connectivity index (χ1n) is 3.38. The summed E-state index contributed by atoms with van der Waals surface area (Å²) < 4.78 is 73.2. The molecule has 0 fully saturated rings. The number of rotatable bonds is 5. The largest absolute Gasteiger partial charge is 0.344 e. The van der Waals surface area contributed by atoms with Gasteiger partial charge in [-0.3, -0.25) is 4.39 Å². The Morgan fingerprint density at radius 1 is 1.23 bits per heavy atom. The van der Waals surface area contributed by atoms with Gasteiger partial charge in [0.15, 0.2) is 6.17 Å². The highest BCUT2D eigenvalue weighted by molar-refractivity contribution is 4.98. The van der Waals surface area contributed by atoms with E-state index in [2.05, 4.69) is 6.58 Å². The third-order valence-corrected chi connectivity index (χ3v) is 1.45. The Morgan fingerprint density at radius 2 is 1.69 bits per heavy atom. The molecule has 0 spiro atoms. The molecule has 6 heteroatoms. The van der Waals surface area contributed by atoms with Gasteiger partial charge < -0.3 is 0 Å². The van der Waals surface area contributed by atoms with E-state index >= 15 is 0 Å². The van der Waals surface area contributed by atoms with Crippen LogP contribution in [0.2, 0.25) is 0 Å². The summed E-state index contributed by atoms with van der Waals surface area (Å²) in [6, 6.07) is 0. The van der Waals surface area contributed by atoms with Gasteiger partial charge in [0.1, 0.15) is 0 Å². The van der Waals surface area contributed by atoms with Gasteiger partial charge in [-0.05, 0) is 0 Å². The van der Waals surface area contributed by atoms with Crippen LogP contribution in [0.5, 0.6) is 0 Å². The second-order valence-electron chi connectivity index (χ2n) is 2.40. The smallest absolute Gasteiger partial charge is 0.251 e. The standard InChI is InChI=1S/C7H8F6/c1-2-5(9)7(12,13)6(10,11)3-4-8/h2,5H,1,3-4H2. The van der Waals surface area contributed by atoms with E-state index in [-0.39, 0.29) is 6.08 Å². The summed E-state index contributed by atoms with van der Waals surface area (Å²) in [7, 11) is 0. The molecule has 1 unspecified atom stereocenters. The van der Waals surface area contributed by atoms with Crippen molar-refractivity contribution in [2.24, 2.45) is 0 Å². The zero-order chi connectivity index (χ0) is 10.7. The summed E-state index contributed by atoms with van der Waals surface area (Å²) in [6.07, 6.45) is -4.81. The SMILES string of the molecule is C=CC(F)C(F)(F)C(F)(F)CCF. The van der Waals surface area contributed by atoms with Gasteiger partial charge in [-0.2, -0.15) is 17.6 Å². The van der Waals surface area contributed by atoms with Crippen LogP contribution in [-0.4, -0.2) is 24.7 Å². The van der Waals surface area contributed by atoms with Crippen LogP contribution in [0, 0.1) is 0 Å². The molecule has 0 aliphatic heterocycles. The molecule has 0 aliphatic rings. The molecule has 0 saturated heterocycles. The molecule has 0 aromatic heterocycles. The van der Waals surface area contributed by atoms with Gasteiger partial charge in [-0.1, -0.05) is 12.7 Å². The summed E-state index contributed by atoms with van der Waals surface area (Å²) in [5.41, 5.74) is 0. The van der Waals surface area contributed by atoms with E-state index in [4.69, 9.17) is 0 Å². The lowest BCUT2D eigenvalue weighted by molar-refractivity contribution is -0.233. The number of hydrogen-bond donors (Lipinski definition) is 0. The zero-order valence-electron chi connectivity index (χ0n) is 6.54. The average molecular weight is 206 g/mol. The molecule has 0 aromatic rings. The zero-order valence-corrected chi connectivity index (χ0v) is 6.54. The van der Waals surface area contributed by atoms with E-state index in [0.29, 0.717) is 0 Å². The highest BCUT2D eigenvalue weighted by atomic mass is 19.3. The second kappa shape index (κ2) is 4.02. The van der Waals surface area contributed by atoms with Crippen LogP contribution < -0.4 is 0 Å². The van der Waals surface area contributed by atoms with E-state index in [1.807, 2.05) is 0 Å². The maximum Gasteiger partial charge on any atom is 0.344 e. The normalized spacial score (nSPS) is 15.5.